The molecule has 4 nitrogen and oxygen atoms in total. The predicted octanol–water partition coefficient (Wildman–Crippen LogP) is 2.34. The van der Waals surface area contributed by atoms with Gasteiger partial charge >= 0.3 is 0 Å². The topological polar surface area (TPSA) is 56.1 Å². The van der Waals surface area contributed by atoms with Crippen molar-refractivity contribution >= 4 is 23.2 Å². The van der Waals surface area contributed by atoms with Crippen LogP contribution in [-0.4, -0.2) is 25.0 Å². The van der Waals surface area contributed by atoms with E-state index in [1.807, 2.05) is 30.3 Å². The molecule has 1 aromatic rings. The molecular weight excluding hydrogens is 262 g/mol. The van der Waals surface area contributed by atoms with Gasteiger partial charge in [-0.1, -0.05) is 23.7 Å². The van der Waals surface area contributed by atoms with Gasteiger partial charge in [0.2, 0.25) is 5.91 Å². The highest BCUT2D eigenvalue weighted by atomic mass is 35.5. The molecule has 1 amide bonds. The van der Waals surface area contributed by atoms with E-state index in [2.05, 4.69) is 10.2 Å². The summed E-state index contributed by atoms with van der Waals surface area (Å²) in [5.74, 6) is -0.200. The first kappa shape index (κ1) is 13.7. The molecule has 1 aromatic carbocycles. The van der Waals surface area contributed by atoms with Gasteiger partial charge in [0.25, 0.3) is 0 Å². The lowest BCUT2D eigenvalue weighted by molar-refractivity contribution is -0.120. The third-order valence-electron chi connectivity index (χ3n) is 3.22. The standard InChI is InChI=1S/C14H16ClN3O/c15-12-5-1-2-6-13(12)18-9-3-4-11(10-18)17-14(19)7-8-16/h1-2,5-6,11H,3-4,7,9-10H2,(H,17,19). The number of rotatable bonds is 3. The molecule has 0 aromatic heterocycles. The summed E-state index contributed by atoms with van der Waals surface area (Å²) in [6, 6.07) is 9.67. The Morgan fingerprint density at radius 2 is 2.32 bits per heavy atom. The van der Waals surface area contributed by atoms with Gasteiger partial charge in [-0.3, -0.25) is 4.79 Å². The van der Waals surface area contributed by atoms with Crippen LogP contribution in [-0.2, 0) is 4.79 Å². The number of hydrogen-bond acceptors (Lipinski definition) is 3. The van der Waals surface area contributed by atoms with Gasteiger partial charge in [-0.05, 0) is 25.0 Å². The molecule has 1 fully saturated rings. The van der Waals surface area contributed by atoms with Crippen molar-refractivity contribution in [2.45, 2.75) is 25.3 Å². The Labute approximate surface area is 118 Å². The lowest BCUT2D eigenvalue weighted by Gasteiger charge is -2.35. The van der Waals surface area contributed by atoms with Crippen LogP contribution in [0.25, 0.3) is 0 Å². The highest BCUT2D eigenvalue weighted by Crippen LogP contribution is 2.27. The fraction of sp³-hybridized carbons (Fsp3) is 0.429. The number of amides is 1. The Hall–Kier alpha value is -1.73. The summed E-state index contributed by atoms with van der Waals surface area (Å²) in [7, 11) is 0. The van der Waals surface area contributed by atoms with Crippen molar-refractivity contribution in [2.24, 2.45) is 0 Å². The first-order chi connectivity index (χ1) is 9.20. The molecule has 100 valence electrons. The number of carbonyl (C=O) groups is 1. The van der Waals surface area contributed by atoms with Crippen LogP contribution in [0.1, 0.15) is 19.3 Å². The van der Waals surface area contributed by atoms with Crippen LogP contribution < -0.4 is 10.2 Å². The number of nitrogens with one attached hydrogen (secondary N) is 1. The molecule has 5 heteroatoms. The van der Waals surface area contributed by atoms with Crippen LogP contribution in [0.15, 0.2) is 24.3 Å². The summed E-state index contributed by atoms with van der Waals surface area (Å²) in [6.07, 6.45) is 1.86. The summed E-state index contributed by atoms with van der Waals surface area (Å²) in [5, 5.41) is 12.1. The SMILES string of the molecule is N#CCC(=O)NC1CCCN(c2ccccc2Cl)C1. The van der Waals surface area contributed by atoms with Gasteiger partial charge < -0.3 is 10.2 Å². The van der Waals surface area contributed by atoms with E-state index in [9.17, 15) is 4.79 Å². The van der Waals surface area contributed by atoms with Crippen molar-refractivity contribution in [1.29, 1.82) is 5.26 Å². The zero-order chi connectivity index (χ0) is 13.7. The predicted molar refractivity (Wildman–Crippen MR) is 75.1 cm³/mol. The number of para-hydroxylation sites is 1. The summed E-state index contributed by atoms with van der Waals surface area (Å²) >= 11 is 6.19. The molecule has 2 rings (SSSR count). The lowest BCUT2D eigenvalue weighted by Crippen LogP contribution is -2.47. The molecule has 1 saturated heterocycles. The Balaban J connectivity index is 2.00. The minimum Gasteiger partial charge on any atom is -0.368 e. The van der Waals surface area contributed by atoms with Gasteiger partial charge in [-0.25, -0.2) is 0 Å². The molecule has 0 bridgehead atoms. The molecule has 1 aliphatic rings. The maximum Gasteiger partial charge on any atom is 0.234 e. The van der Waals surface area contributed by atoms with Crippen molar-refractivity contribution in [3.05, 3.63) is 29.3 Å². The van der Waals surface area contributed by atoms with Gasteiger partial charge in [0.1, 0.15) is 6.42 Å². The lowest BCUT2D eigenvalue weighted by atomic mass is 10.0. The van der Waals surface area contributed by atoms with Crippen LogP contribution in [0.3, 0.4) is 0 Å². The van der Waals surface area contributed by atoms with Crippen molar-refractivity contribution < 1.29 is 4.79 Å². The van der Waals surface area contributed by atoms with Crippen LogP contribution in [0.5, 0.6) is 0 Å². The fourth-order valence-electron chi connectivity index (χ4n) is 2.37. The highest BCUT2D eigenvalue weighted by molar-refractivity contribution is 6.33. The summed E-state index contributed by atoms with van der Waals surface area (Å²) in [6.45, 7) is 1.68. The molecule has 19 heavy (non-hydrogen) atoms. The Bertz CT molecular complexity index is 498. The Morgan fingerprint density at radius 3 is 3.05 bits per heavy atom. The molecule has 1 unspecified atom stereocenters. The first-order valence-electron chi connectivity index (χ1n) is 6.36. The molecule has 0 radical (unpaired) electrons. The maximum atomic E-state index is 11.4. The van der Waals surface area contributed by atoms with Crippen molar-refractivity contribution in [3.8, 4) is 6.07 Å². The van der Waals surface area contributed by atoms with Gasteiger partial charge in [-0.2, -0.15) is 5.26 Å². The molecule has 1 aliphatic heterocycles. The molecular formula is C14H16ClN3O. The zero-order valence-corrected chi connectivity index (χ0v) is 11.4. The average Bonchev–Trinajstić information content (AvgIpc) is 2.40. The zero-order valence-electron chi connectivity index (χ0n) is 10.6. The van der Waals surface area contributed by atoms with Gasteiger partial charge in [0.05, 0.1) is 16.8 Å². The molecule has 0 aliphatic carbocycles. The van der Waals surface area contributed by atoms with E-state index in [1.165, 1.54) is 0 Å². The van der Waals surface area contributed by atoms with Gasteiger partial charge in [0, 0.05) is 19.1 Å². The minimum absolute atomic E-state index is 0.0808. The minimum atomic E-state index is -0.200. The Kier molecular flexibility index (Phi) is 4.64. The average molecular weight is 278 g/mol. The van der Waals surface area contributed by atoms with Crippen LogP contribution in [0.4, 0.5) is 5.69 Å². The van der Waals surface area contributed by atoms with E-state index in [0.29, 0.717) is 0 Å². The number of halogens is 1. The second kappa shape index (κ2) is 6.44. The molecule has 0 spiro atoms. The number of benzene rings is 1. The van der Waals surface area contributed by atoms with Crippen LogP contribution in [0, 0.1) is 11.3 Å². The number of nitrogens with zero attached hydrogens (tertiary/aromatic N) is 2. The van der Waals surface area contributed by atoms with Crippen molar-refractivity contribution in [1.82, 2.24) is 5.32 Å². The molecule has 0 saturated carbocycles. The third-order valence-corrected chi connectivity index (χ3v) is 3.54. The van der Waals surface area contributed by atoms with Crippen molar-refractivity contribution in [3.63, 3.8) is 0 Å². The Morgan fingerprint density at radius 1 is 1.53 bits per heavy atom. The fourth-order valence-corrected chi connectivity index (χ4v) is 2.63. The van der Waals surface area contributed by atoms with E-state index in [-0.39, 0.29) is 18.4 Å². The van der Waals surface area contributed by atoms with Crippen LogP contribution >= 0.6 is 11.6 Å². The monoisotopic (exact) mass is 277 g/mol. The van der Waals surface area contributed by atoms with E-state index in [4.69, 9.17) is 16.9 Å². The molecule has 1 N–H and O–H groups in total. The number of nitriles is 1. The van der Waals surface area contributed by atoms with Crippen molar-refractivity contribution in [2.75, 3.05) is 18.0 Å². The van der Waals surface area contributed by atoms with E-state index in [1.54, 1.807) is 0 Å². The maximum absolute atomic E-state index is 11.4. The van der Waals surface area contributed by atoms with Gasteiger partial charge in [0.15, 0.2) is 0 Å². The van der Waals surface area contributed by atoms with Gasteiger partial charge in [-0.15, -0.1) is 0 Å². The smallest absolute Gasteiger partial charge is 0.234 e. The van der Waals surface area contributed by atoms with Crippen LogP contribution in [0.2, 0.25) is 5.02 Å². The highest BCUT2D eigenvalue weighted by Gasteiger charge is 2.22. The quantitative estimate of drug-likeness (QED) is 0.923. The summed E-state index contributed by atoms with van der Waals surface area (Å²) in [4.78, 5) is 13.6. The molecule has 1 heterocycles. The number of piperidine rings is 1. The third kappa shape index (κ3) is 3.62. The number of anilines is 1. The molecule has 1 atom stereocenters. The number of hydrogen-bond donors (Lipinski definition) is 1. The van der Waals surface area contributed by atoms with E-state index >= 15 is 0 Å². The summed E-state index contributed by atoms with van der Waals surface area (Å²) in [5.41, 5.74) is 1.00. The largest absolute Gasteiger partial charge is 0.368 e. The second-order valence-corrected chi connectivity index (χ2v) is 5.05. The second-order valence-electron chi connectivity index (χ2n) is 4.64. The van der Waals surface area contributed by atoms with E-state index < -0.39 is 0 Å². The normalized spacial score (nSPS) is 18.7. The first-order valence-corrected chi connectivity index (χ1v) is 6.74. The summed E-state index contributed by atoms with van der Waals surface area (Å²) < 4.78 is 0. The number of carbonyl (C=O) groups excluding carboxylic acids is 1. The van der Waals surface area contributed by atoms with E-state index in [0.717, 1.165) is 36.6 Å².